The first kappa shape index (κ1) is 14.7. The number of methoxy groups -OCH3 is 2. The van der Waals surface area contributed by atoms with Gasteiger partial charge in [-0.1, -0.05) is 12.1 Å². The quantitative estimate of drug-likeness (QED) is 0.338. The van der Waals surface area contributed by atoms with Crippen molar-refractivity contribution in [2.24, 2.45) is 0 Å². The number of hydrogen-bond donors (Lipinski definition) is 0. The minimum absolute atomic E-state index is 0.0544. The molecule has 5 heteroatoms. The number of rotatable bonds is 6. The minimum Gasteiger partial charge on any atom is -0.497 e. The molecule has 1 aromatic rings. The summed E-state index contributed by atoms with van der Waals surface area (Å²) < 4.78 is 14.7. The van der Waals surface area contributed by atoms with Crippen LogP contribution in [0.4, 0.5) is 0 Å². The molecule has 0 aliphatic rings. The van der Waals surface area contributed by atoms with Crippen LogP contribution >= 0.6 is 0 Å². The molecule has 1 rings (SSSR count). The first-order valence-electron chi connectivity index (χ1n) is 5.63. The molecule has 0 radical (unpaired) electrons. The topological polar surface area (TPSA) is 68.5 Å². The van der Waals surface area contributed by atoms with Crippen molar-refractivity contribution in [3.05, 3.63) is 35.4 Å². The number of nitriles is 1. The average molecular weight is 261 g/mol. The highest BCUT2D eigenvalue weighted by Gasteiger charge is 2.10. The number of carbonyl (C=O) groups is 1. The number of carbonyl (C=O) groups excluding carboxylic acids is 1. The lowest BCUT2D eigenvalue weighted by Gasteiger charge is -2.03. The van der Waals surface area contributed by atoms with Crippen molar-refractivity contribution in [3.63, 3.8) is 0 Å². The third-order valence-corrected chi connectivity index (χ3v) is 2.29. The van der Waals surface area contributed by atoms with Gasteiger partial charge >= 0.3 is 5.97 Å². The van der Waals surface area contributed by atoms with E-state index in [1.54, 1.807) is 31.4 Å². The van der Waals surface area contributed by atoms with Gasteiger partial charge in [-0.05, 0) is 23.8 Å². The van der Waals surface area contributed by atoms with E-state index in [9.17, 15) is 4.79 Å². The van der Waals surface area contributed by atoms with Crippen molar-refractivity contribution in [3.8, 4) is 11.8 Å². The predicted octanol–water partition coefficient (Wildman–Crippen LogP) is 1.79. The molecule has 5 nitrogen and oxygen atoms in total. The Balaban J connectivity index is 2.75. The number of benzene rings is 1. The van der Waals surface area contributed by atoms with E-state index in [4.69, 9.17) is 19.5 Å². The highest BCUT2D eigenvalue weighted by Crippen LogP contribution is 2.14. The molecule has 19 heavy (non-hydrogen) atoms. The van der Waals surface area contributed by atoms with Crippen molar-refractivity contribution in [1.82, 2.24) is 0 Å². The summed E-state index contributed by atoms with van der Waals surface area (Å²) in [5.74, 6) is 0.0497. The fourth-order valence-electron chi connectivity index (χ4n) is 1.30. The van der Waals surface area contributed by atoms with Gasteiger partial charge in [0.15, 0.2) is 0 Å². The Hall–Kier alpha value is -2.32. The van der Waals surface area contributed by atoms with E-state index >= 15 is 0 Å². The second kappa shape index (κ2) is 7.90. The van der Waals surface area contributed by atoms with Gasteiger partial charge < -0.3 is 14.2 Å². The fraction of sp³-hybridized carbons (Fsp3) is 0.286. The summed E-state index contributed by atoms with van der Waals surface area (Å²) in [6, 6.07) is 8.81. The largest absolute Gasteiger partial charge is 0.497 e. The maximum absolute atomic E-state index is 11.6. The molecule has 0 atom stereocenters. The zero-order valence-corrected chi connectivity index (χ0v) is 10.9. The Bertz CT molecular complexity index is 485. The van der Waals surface area contributed by atoms with Gasteiger partial charge in [0, 0.05) is 7.11 Å². The molecule has 0 N–H and O–H groups in total. The van der Waals surface area contributed by atoms with Crippen molar-refractivity contribution in [2.75, 3.05) is 27.4 Å². The molecule has 0 amide bonds. The van der Waals surface area contributed by atoms with Crippen LogP contribution in [0.2, 0.25) is 0 Å². The summed E-state index contributed by atoms with van der Waals surface area (Å²) >= 11 is 0. The Morgan fingerprint density at radius 2 is 1.95 bits per heavy atom. The normalized spacial score (nSPS) is 10.7. The molecule has 0 saturated heterocycles. The molecule has 0 fully saturated rings. The van der Waals surface area contributed by atoms with E-state index in [0.717, 1.165) is 5.56 Å². The van der Waals surface area contributed by atoms with Gasteiger partial charge in [-0.3, -0.25) is 0 Å². The Morgan fingerprint density at radius 1 is 1.26 bits per heavy atom. The van der Waals surface area contributed by atoms with Crippen LogP contribution in [-0.4, -0.2) is 33.4 Å². The van der Waals surface area contributed by atoms with Crippen LogP contribution in [0.25, 0.3) is 6.08 Å². The SMILES string of the molecule is COCCOC(=O)/C(C#N)=C\c1ccc(OC)cc1. The van der Waals surface area contributed by atoms with Crippen molar-refractivity contribution in [2.45, 2.75) is 0 Å². The maximum Gasteiger partial charge on any atom is 0.348 e. The lowest BCUT2D eigenvalue weighted by Crippen LogP contribution is -2.11. The van der Waals surface area contributed by atoms with Gasteiger partial charge in [0.05, 0.1) is 13.7 Å². The molecule has 0 saturated carbocycles. The highest BCUT2D eigenvalue weighted by atomic mass is 16.6. The fourth-order valence-corrected chi connectivity index (χ4v) is 1.30. The number of ether oxygens (including phenoxy) is 3. The van der Waals surface area contributed by atoms with Crippen LogP contribution in [-0.2, 0) is 14.3 Å². The molecule has 0 bridgehead atoms. The Morgan fingerprint density at radius 3 is 2.47 bits per heavy atom. The van der Waals surface area contributed by atoms with E-state index < -0.39 is 5.97 Å². The zero-order valence-electron chi connectivity index (χ0n) is 10.9. The number of nitrogens with zero attached hydrogens (tertiary/aromatic N) is 1. The van der Waals surface area contributed by atoms with Gasteiger partial charge in [0.1, 0.15) is 24.0 Å². The molecular weight excluding hydrogens is 246 g/mol. The summed E-state index contributed by atoms with van der Waals surface area (Å²) in [7, 11) is 3.07. The van der Waals surface area contributed by atoms with Crippen molar-refractivity contribution < 1.29 is 19.0 Å². The third-order valence-electron chi connectivity index (χ3n) is 2.29. The molecule has 0 spiro atoms. The maximum atomic E-state index is 11.6. The molecule has 1 aromatic carbocycles. The first-order chi connectivity index (χ1) is 9.21. The third kappa shape index (κ3) is 4.82. The number of hydrogen-bond acceptors (Lipinski definition) is 5. The molecule has 100 valence electrons. The average Bonchev–Trinajstić information content (AvgIpc) is 2.45. The minimum atomic E-state index is -0.657. The Kier molecular flexibility index (Phi) is 6.13. The monoisotopic (exact) mass is 261 g/mol. The predicted molar refractivity (Wildman–Crippen MR) is 69.4 cm³/mol. The van der Waals surface area contributed by atoms with Crippen LogP contribution in [0.1, 0.15) is 5.56 Å². The molecular formula is C14H15NO4. The van der Waals surface area contributed by atoms with Crippen molar-refractivity contribution >= 4 is 12.0 Å². The van der Waals surface area contributed by atoms with Gasteiger partial charge in [0.25, 0.3) is 0 Å². The smallest absolute Gasteiger partial charge is 0.348 e. The standard InChI is InChI=1S/C14H15NO4/c1-17-7-8-19-14(16)12(10-15)9-11-3-5-13(18-2)6-4-11/h3-6,9H,7-8H2,1-2H3/b12-9-. The number of esters is 1. The van der Waals surface area contributed by atoms with Crippen LogP contribution in [0.5, 0.6) is 5.75 Å². The molecule has 0 aromatic heterocycles. The van der Waals surface area contributed by atoms with Crippen molar-refractivity contribution in [1.29, 1.82) is 5.26 Å². The highest BCUT2D eigenvalue weighted by molar-refractivity contribution is 5.97. The first-order valence-corrected chi connectivity index (χ1v) is 5.63. The van der Waals surface area contributed by atoms with Gasteiger partial charge in [-0.25, -0.2) is 4.79 Å². The van der Waals surface area contributed by atoms with Gasteiger partial charge in [-0.2, -0.15) is 5.26 Å². The summed E-state index contributed by atoms with van der Waals surface area (Å²) in [4.78, 5) is 11.6. The van der Waals surface area contributed by atoms with Crippen LogP contribution in [0.3, 0.4) is 0 Å². The van der Waals surface area contributed by atoms with E-state index in [2.05, 4.69) is 0 Å². The zero-order chi connectivity index (χ0) is 14.1. The van der Waals surface area contributed by atoms with E-state index in [0.29, 0.717) is 12.4 Å². The van der Waals surface area contributed by atoms with E-state index in [1.165, 1.54) is 13.2 Å². The summed E-state index contributed by atoms with van der Waals surface area (Å²) in [6.07, 6.45) is 1.47. The van der Waals surface area contributed by atoms with Crippen LogP contribution < -0.4 is 4.74 Å². The second-order valence-corrected chi connectivity index (χ2v) is 3.57. The summed E-state index contributed by atoms with van der Waals surface area (Å²) in [5, 5.41) is 8.94. The van der Waals surface area contributed by atoms with E-state index in [1.807, 2.05) is 6.07 Å². The van der Waals surface area contributed by atoms with Gasteiger partial charge in [0.2, 0.25) is 0 Å². The second-order valence-electron chi connectivity index (χ2n) is 3.57. The van der Waals surface area contributed by atoms with Crippen LogP contribution in [0.15, 0.2) is 29.8 Å². The molecule has 0 heterocycles. The summed E-state index contributed by atoms with van der Waals surface area (Å²) in [6.45, 7) is 0.421. The molecule has 0 aliphatic carbocycles. The van der Waals surface area contributed by atoms with Gasteiger partial charge in [-0.15, -0.1) is 0 Å². The van der Waals surface area contributed by atoms with E-state index in [-0.39, 0.29) is 12.2 Å². The molecule has 0 unspecified atom stereocenters. The summed E-state index contributed by atoms with van der Waals surface area (Å²) in [5.41, 5.74) is 0.669. The van der Waals surface area contributed by atoms with Crippen LogP contribution in [0, 0.1) is 11.3 Å². The lowest BCUT2D eigenvalue weighted by molar-refractivity contribution is -0.139. The molecule has 0 aliphatic heterocycles. The Labute approximate surface area is 112 Å². The lowest BCUT2D eigenvalue weighted by atomic mass is 10.1.